The van der Waals surface area contributed by atoms with Gasteiger partial charge in [-0.1, -0.05) is 0 Å². The number of rotatable bonds is 4. The third kappa shape index (κ3) is 4.45. The van der Waals surface area contributed by atoms with Crippen LogP contribution in [0.1, 0.15) is 10.4 Å². The predicted octanol–water partition coefficient (Wildman–Crippen LogP) is 2.90. The molecule has 138 valence electrons. The van der Waals surface area contributed by atoms with Crippen molar-refractivity contribution >= 4 is 60.1 Å². The smallest absolute Gasteiger partial charge is 0.255 e. The van der Waals surface area contributed by atoms with E-state index in [0.717, 1.165) is 8.04 Å². The Balaban J connectivity index is 1.73. The highest BCUT2D eigenvalue weighted by atomic mass is 127. The molecule has 0 atom stereocenters. The number of hydrogen-bond donors (Lipinski definition) is 2. The largest absolute Gasteiger partial charge is 0.322 e. The quantitative estimate of drug-likeness (QED) is 0.575. The molecule has 1 fully saturated rings. The van der Waals surface area contributed by atoms with Crippen LogP contribution >= 0.6 is 38.5 Å². The SMILES string of the molecule is O=C(Nc1ccc(S(=O)(=O)N2CCNCC2)cc1)c1ccc(Br)c(I)c1. The van der Waals surface area contributed by atoms with Crippen molar-refractivity contribution in [2.75, 3.05) is 31.5 Å². The molecule has 0 aromatic heterocycles. The van der Waals surface area contributed by atoms with E-state index < -0.39 is 10.0 Å². The second-order valence-electron chi connectivity index (χ2n) is 5.76. The number of nitrogens with one attached hydrogen (secondary N) is 2. The lowest BCUT2D eigenvalue weighted by Gasteiger charge is -2.26. The van der Waals surface area contributed by atoms with E-state index in [-0.39, 0.29) is 10.8 Å². The molecule has 1 aliphatic rings. The number of piperazine rings is 1. The molecule has 9 heteroatoms. The van der Waals surface area contributed by atoms with Crippen molar-refractivity contribution in [3.8, 4) is 0 Å². The highest BCUT2D eigenvalue weighted by Gasteiger charge is 2.25. The summed E-state index contributed by atoms with van der Waals surface area (Å²) in [6, 6.07) is 11.6. The molecule has 0 saturated carbocycles. The molecule has 2 aromatic rings. The van der Waals surface area contributed by atoms with Gasteiger partial charge in [-0.15, -0.1) is 0 Å². The first kappa shape index (κ1) is 19.7. The van der Waals surface area contributed by atoms with Gasteiger partial charge in [-0.25, -0.2) is 8.42 Å². The molecule has 2 aromatic carbocycles. The summed E-state index contributed by atoms with van der Waals surface area (Å²) in [5.74, 6) is -0.242. The summed E-state index contributed by atoms with van der Waals surface area (Å²) in [5.41, 5.74) is 1.09. The molecule has 1 aliphatic heterocycles. The maximum absolute atomic E-state index is 12.6. The fourth-order valence-corrected chi connectivity index (χ4v) is 4.79. The average Bonchev–Trinajstić information content (AvgIpc) is 2.65. The summed E-state index contributed by atoms with van der Waals surface area (Å²) >= 11 is 5.55. The minimum Gasteiger partial charge on any atom is -0.322 e. The average molecular weight is 550 g/mol. The van der Waals surface area contributed by atoms with Crippen LogP contribution in [0.25, 0.3) is 0 Å². The second-order valence-corrected chi connectivity index (χ2v) is 9.72. The van der Waals surface area contributed by atoms with Gasteiger partial charge in [0, 0.05) is 45.5 Å². The number of sulfonamides is 1. The molecule has 2 N–H and O–H groups in total. The molecule has 6 nitrogen and oxygen atoms in total. The predicted molar refractivity (Wildman–Crippen MR) is 113 cm³/mol. The van der Waals surface area contributed by atoms with Crippen LogP contribution in [0.2, 0.25) is 0 Å². The topological polar surface area (TPSA) is 78.5 Å². The van der Waals surface area contributed by atoms with E-state index in [0.29, 0.717) is 37.4 Å². The van der Waals surface area contributed by atoms with E-state index in [1.807, 2.05) is 6.07 Å². The van der Waals surface area contributed by atoms with E-state index in [2.05, 4.69) is 49.2 Å². The number of hydrogen-bond acceptors (Lipinski definition) is 4. The van der Waals surface area contributed by atoms with Crippen molar-refractivity contribution in [3.63, 3.8) is 0 Å². The lowest BCUT2D eigenvalue weighted by Crippen LogP contribution is -2.46. The van der Waals surface area contributed by atoms with Gasteiger partial charge < -0.3 is 10.6 Å². The summed E-state index contributed by atoms with van der Waals surface area (Å²) in [4.78, 5) is 12.6. The summed E-state index contributed by atoms with van der Waals surface area (Å²) < 4.78 is 28.6. The van der Waals surface area contributed by atoms with Crippen LogP contribution in [-0.2, 0) is 10.0 Å². The van der Waals surface area contributed by atoms with Gasteiger partial charge in [-0.05, 0) is 81.0 Å². The molecule has 0 radical (unpaired) electrons. The van der Waals surface area contributed by atoms with E-state index in [1.54, 1.807) is 24.3 Å². The van der Waals surface area contributed by atoms with Crippen molar-refractivity contribution < 1.29 is 13.2 Å². The number of amides is 1. The standard InChI is InChI=1S/C17H17BrIN3O3S/c18-15-6-1-12(11-16(15)19)17(23)21-13-2-4-14(5-3-13)26(24,25)22-9-7-20-8-10-22/h1-6,11,20H,7-10H2,(H,21,23). The van der Waals surface area contributed by atoms with Gasteiger partial charge in [0.05, 0.1) is 4.90 Å². The maximum Gasteiger partial charge on any atom is 0.255 e. The molecular weight excluding hydrogens is 533 g/mol. The Morgan fingerprint density at radius 3 is 2.38 bits per heavy atom. The highest BCUT2D eigenvalue weighted by molar-refractivity contribution is 14.1. The lowest BCUT2D eigenvalue weighted by atomic mass is 10.2. The molecule has 1 amide bonds. The Kier molecular flexibility index (Phi) is 6.33. The van der Waals surface area contributed by atoms with Gasteiger partial charge in [-0.2, -0.15) is 4.31 Å². The molecular formula is C17H17BrIN3O3S. The Bertz CT molecular complexity index is 913. The third-order valence-corrected chi connectivity index (χ3v) is 8.25. The fraction of sp³-hybridized carbons (Fsp3) is 0.235. The van der Waals surface area contributed by atoms with Crippen molar-refractivity contribution in [2.24, 2.45) is 0 Å². The molecule has 3 rings (SSSR count). The summed E-state index contributed by atoms with van der Waals surface area (Å²) in [7, 11) is -3.50. The van der Waals surface area contributed by atoms with Crippen LogP contribution in [-0.4, -0.2) is 44.8 Å². The molecule has 1 saturated heterocycles. The highest BCUT2D eigenvalue weighted by Crippen LogP contribution is 2.22. The summed E-state index contributed by atoms with van der Waals surface area (Å²) in [6.07, 6.45) is 0. The van der Waals surface area contributed by atoms with Crippen molar-refractivity contribution in [1.29, 1.82) is 0 Å². The molecule has 0 aliphatic carbocycles. The molecule has 26 heavy (non-hydrogen) atoms. The lowest BCUT2D eigenvalue weighted by molar-refractivity contribution is 0.102. The Morgan fingerprint density at radius 2 is 1.77 bits per heavy atom. The van der Waals surface area contributed by atoms with Crippen LogP contribution in [0.15, 0.2) is 51.8 Å². The minimum atomic E-state index is -3.50. The number of halogens is 2. The minimum absolute atomic E-state index is 0.232. The van der Waals surface area contributed by atoms with Crippen LogP contribution in [0.4, 0.5) is 5.69 Å². The normalized spacial score (nSPS) is 15.6. The number of carbonyl (C=O) groups excluding carboxylic acids is 1. The Labute approximate surface area is 174 Å². The van der Waals surface area contributed by atoms with Crippen molar-refractivity contribution in [1.82, 2.24) is 9.62 Å². The zero-order valence-electron chi connectivity index (χ0n) is 13.7. The second kappa shape index (κ2) is 8.34. The van der Waals surface area contributed by atoms with E-state index in [9.17, 15) is 13.2 Å². The fourth-order valence-electron chi connectivity index (χ4n) is 2.58. The first-order valence-electron chi connectivity index (χ1n) is 7.95. The monoisotopic (exact) mass is 549 g/mol. The van der Waals surface area contributed by atoms with Gasteiger partial charge in [0.25, 0.3) is 5.91 Å². The zero-order chi connectivity index (χ0) is 18.7. The number of carbonyl (C=O) groups is 1. The molecule has 0 unspecified atom stereocenters. The van der Waals surface area contributed by atoms with Gasteiger partial charge in [-0.3, -0.25) is 4.79 Å². The van der Waals surface area contributed by atoms with Gasteiger partial charge in [0.15, 0.2) is 0 Å². The maximum atomic E-state index is 12.6. The summed E-state index contributed by atoms with van der Waals surface area (Å²) in [6.45, 7) is 2.23. The van der Waals surface area contributed by atoms with Gasteiger partial charge >= 0.3 is 0 Å². The van der Waals surface area contributed by atoms with Crippen LogP contribution in [0.5, 0.6) is 0 Å². The number of benzene rings is 2. The van der Waals surface area contributed by atoms with Crippen molar-refractivity contribution in [2.45, 2.75) is 4.90 Å². The van der Waals surface area contributed by atoms with E-state index in [4.69, 9.17) is 0 Å². The van der Waals surface area contributed by atoms with Crippen LogP contribution in [0, 0.1) is 3.57 Å². The Hall–Kier alpha value is -1.01. The third-order valence-electron chi connectivity index (χ3n) is 4.01. The Morgan fingerprint density at radius 1 is 1.12 bits per heavy atom. The van der Waals surface area contributed by atoms with E-state index in [1.165, 1.54) is 16.4 Å². The molecule has 1 heterocycles. The molecule has 0 bridgehead atoms. The number of anilines is 1. The van der Waals surface area contributed by atoms with Gasteiger partial charge in [0.2, 0.25) is 10.0 Å². The number of nitrogens with zero attached hydrogens (tertiary/aromatic N) is 1. The van der Waals surface area contributed by atoms with Crippen molar-refractivity contribution in [3.05, 3.63) is 56.1 Å². The van der Waals surface area contributed by atoms with Crippen LogP contribution in [0.3, 0.4) is 0 Å². The first-order valence-corrected chi connectivity index (χ1v) is 11.3. The summed E-state index contributed by atoms with van der Waals surface area (Å²) in [5, 5.41) is 5.92. The molecule has 0 spiro atoms. The van der Waals surface area contributed by atoms with E-state index >= 15 is 0 Å². The van der Waals surface area contributed by atoms with Gasteiger partial charge in [0.1, 0.15) is 0 Å². The first-order chi connectivity index (χ1) is 12.4. The zero-order valence-corrected chi connectivity index (χ0v) is 18.3. The van der Waals surface area contributed by atoms with Crippen LogP contribution < -0.4 is 10.6 Å².